The minimum absolute atomic E-state index is 0.145. The van der Waals surface area contributed by atoms with E-state index in [0.717, 1.165) is 13.1 Å². The molecule has 0 aliphatic carbocycles. The Labute approximate surface area is 108 Å². The van der Waals surface area contributed by atoms with Crippen molar-refractivity contribution in [1.82, 2.24) is 9.80 Å². The van der Waals surface area contributed by atoms with Gasteiger partial charge >= 0.3 is 0 Å². The second-order valence-electron chi connectivity index (χ2n) is 4.98. The summed E-state index contributed by atoms with van der Waals surface area (Å²) in [6.45, 7) is 4.80. The lowest BCUT2D eigenvalue weighted by molar-refractivity contribution is -0.141. The highest BCUT2D eigenvalue weighted by atomic mass is 16.2. The summed E-state index contributed by atoms with van der Waals surface area (Å²) in [5.74, 6) is 0.145. The number of piperazine rings is 1. The van der Waals surface area contributed by atoms with Crippen LogP contribution in [0.4, 0.5) is 0 Å². The zero-order valence-corrected chi connectivity index (χ0v) is 11.1. The molecule has 2 rings (SSSR count). The van der Waals surface area contributed by atoms with E-state index in [1.165, 1.54) is 11.1 Å². The Kier molecular flexibility index (Phi) is 3.99. The highest BCUT2D eigenvalue weighted by Gasteiger charge is 2.31. The first kappa shape index (κ1) is 13.1. The first-order valence-corrected chi connectivity index (χ1v) is 6.36. The minimum Gasteiger partial charge on any atom is -0.336 e. The van der Waals surface area contributed by atoms with Crippen molar-refractivity contribution in [2.24, 2.45) is 5.73 Å². The number of aryl methyl sites for hydroxylation is 1. The molecule has 18 heavy (non-hydrogen) atoms. The van der Waals surface area contributed by atoms with E-state index in [4.69, 9.17) is 5.73 Å². The third kappa shape index (κ3) is 2.71. The summed E-state index contributed by atoms with van der Waals surface area (Å²) in [7, 11) is 1.96. The average molecular weight is 247 g/mol. The fourth-order valence-corrected chi connectivity index (χ4v) is 2.30. The lowest BCUT2D eigenvalue weighted by Gasteiger charge is -2.38. The standard InChI is InChI=1S/C14H21N3O/c1-11-3-5-12(6-4-11)10-17-8-7-16(2)13(9-15)14(17)18/h3-6,13H,7-10,15H2,1-2H3. The number of benzene rings is 1. The maximum absolute atomic E-state index is 12.2. The molecule has 1 aliphatic heterocycles. The van der Waals surface area contributed by atoms with Crippen LogP contribution in [0.25, 0.3) is 0 Å². The van der Waals surface area contributed by atoms with E-state index in [0.29, 0.717) is 13.1 Å². The van der Waals surface area contributed by atoms with Gasteiger partial charge in [-0.05, 0) is 19.5 Å². The summed E-state index contributed by atoms with van der Waals surface area (Å²) in [6.07, 6.45) is 0. The summed E-state index contributed by atoms with van der Waals surface area (Å²) in [6, 6.07) is 8.16. The normalized spacial score (nSPS) is 21.4. The molecule has 0 bridgehead atoms. The second kappa shape index (κ2) is 5.50. The molecule has 1 aliphatic rings. The number of hydrogen-bond acceptors (Lipinski definition) is 3. The van der Waals surface area contributed by atoms with Crippen LogP contribution in [0.1, 0.15) is 11.1 Å². The number of rotatable bonds is 3. The van der Waals surface area contributed by atoms with Gasteiger partial charge < -0.3 is 10.6 Å². The highest BCUT2D eigenvalue weighted by molar-refractivity contribution is 5.82. The van der Waals surface area contributed by atoms with Crippen LogP contribution in [-0.4, -0.2) is 48.4 Å². The van der Waals surface area contributed by atoms with Crippen LogP contribution in [0.5, 0.6) is 0 Å². The van der Waals surface area contributed by atoms with Crippen LogP contribution in [0, 0.1) is 6.92 Å². The number of amides is 1. The fourth-order valence-electron chi connectivity index (χ4n) is 2.30. The largest absolute Gasteiger partial charge is 0.336 e. The molecule has 4 heteroatoms. The SMILES string of the molecule is Cc1ccc(CN2CCN(C)C(CN)C2=O)cc1. The maximum Gasteiger partial charge on any atom is 0.241 e. The van der Waals surface area contributed by atoms with Crippen molar-refractivity contribution in [3.05, 3.63) is 35.4 Å². The molecule has 0 saturated carbocycles. The molecule has 1 fully saturated rings. The predicted molar refractivity (Wildman–Crippen MR) is 72.1 cm³/mol. The Bertz CT molecular complexity index is 416. The van der Waals surface area contributed by atoms with Gasteiger partial charge in [0.1, 0.15) is 6.04 Å². The van der Waals surface area contributed by atoms with Gasteiger partial charge in [0.15, 0.2) is 0 Å². The number of carbonyl (C=O) groups excluding carboxylic acids is 1. The Morgan fingerprint density at radius 2 is 1.94 bits per heavy atom. The highest BCUT2D eigenvalue weighted by Crippen LogP contribution is 2.13. The van der Waals surface area contributed by atoms with Crippen molar-refractivity contribution in [3.63, 3.8) is 0 Å². The number of nitrogens with two attached hydrogens (primary N) is 1. The van der Waals surface area contributed by atoms with Crippen molar-refractivity contribution >= 4 is 5.91 Å². The van der Waals surface area contributed by atoms with E-state index in [2.05, 4.69) is 31.2 Å². The Hall–Kier alpha value is -1.39. The van der Waals surface area contributed by atoms with Crippen LogP contribution < -0.4 is 5.73 Å². The molecular formula is C14H21N3O. The van der Waals surface area contributed by atoms with Gasteiger partial charge in [0.25, 0.3) is 0 Å². The fraction of sp³-hybridized carbons (Fsp3) is 0.500. The summed E-state index contributed by atoms with van der Waals surface area (Å²) < 4.78 is 0. The van der Waals surface area contributed by atoms with Crippen LogP contribution in [0.15, 0.2) is 24.3 Å². The van der Waals surface area contributed by atoms with E-state index < -0.39 is 0 Å². The van der Waals surface area contributed by atoms with Gasteiger partial charge in [-0.3, -0.25) is 9.69 Å². The first-order valence-electron chi connectivity index (χ1n) is 6.36. The molecule has 1 unspecified atom stereocenters. The molecule has 1 heterocycles. The van der Waals surface area contributed by atoms with Crippen LogP contribution in [0.2, 0.25) is 0 Å². The van der Waals surface area contributed by atoms with Gasteiger partial charge in [-0.15, -0.1) is 0 Å². The average Bonchev–Trinajstić information content (AvgIpc) is 2.36. The van der Waals surface area contributed by atoms with Crippen molar-refractivity contribution in [2.45, 2.75) is 19.5 Å². The molecule has 1 saturated heterocycles. The van der Waals surface area contributed by atoms with Crippen molar-refractivity contribution < 1.29 is 4.79 Å². The molecule has 1 atom stereocenters. The number of nitrogens with zero attached hydrogens (tertiary/aromatic N) is 2. The Morgan fingerprint density at radius 3 is 2.56 bits per heavy atom. The first-order chi connectivity index (χ1) is 8.61. The van der Waals surface area contributed by atoms with E-state index in [9.17, 15) is 4.79 Å². The zero-order valence-electron chi connectivity index (χ0n) is 11.1. The second-order valence-corrected chi connectivity index (χ2v) is 4.98. The molecule has 0 spiro atoms. The van der Waals surface area contributed by atoms with Gasteiger partial charge in [0, 0.05) is 26.2 Å². The van der Waals surface area contributed by atoms with Crippen molar-refractivity contribution in [1.29, 1.82) is 0 Å². The summed E-state index contributed by atoms with van der Waals surface area (Å²) in [5.41, 5.74) is 8.08. The van der Waals surface area contributed by atoms with Gasteiger partial charge in [-0.25, -0.2) is 0 Å². The number of hydrogen-bond donors (Lipinski definition) is 1. The molecule has 2 N–H and O–H groups in total. The quantitative estimate of drug-likeness (QED) is 0.851. The smallest absolute Gasteiger partial charge is 0.241 e. The van der Waals surface area contributed by atoms with Gasteiger partial charge in [0.05, 0.1) is 0 Å². The lowest BCUT2D eigenvalue weighted by Crippen LogP contribution is -2.57. The molecule has 98 valence electrons. The summed E-state index contributed by atoms with van der Waals surface area (Å²) in [4.78, 5) is 16.2. The topological polar surface area (TPSA) is 49.6 Å². The van der Waals surface area contributed by atoms with Crippen LogP contribution in [-0.2, 0) is 11.3 Å². The zero-order chi connectivity index (χ0) is 13.1. The molecule has 0 aromatic heterocycles. The third-order valence-corrected chi connectivity index (χ3v) is 3.57. The van der Waals surface area contributed by atoms with E-state index in [-0.39, 0.29) is 11.9 Å². The molecule has 1 amide bonds. The van der Waals surface area contributed by atoms with E-state index >= 15 is 0 Å². The lowest BCUT2D eigenvalue weighted by atomic mass is 10.1. The van der Waals surface area contributed by atoms with E-state index in [1.54, 1.807) is 0 Å². The Balaban J connectivity index is 2.05. The number of carbonyl (C=O) groups is 1. The van der Waals surface area contributed by atoms with Crippen molar-refractivity contribution in [3.8, 4) is 0 Å². The summed E-state index contributed by atoms with van der Waals surface area (Å²) >= 11 is 0. The van der Waals surface area contributed by atoms with Crippen molar-refractivity contribution in [2.75, 3.05) is 26.7 Å². The molecule has 1 aromatic carbocycles. The van der Waals surface area contributed by atoms with Gasteiger partial charge in [-0.1, -0.05) is 29.8 Å². The predicted octanol–water partition coefficient (Wildman–Crippen LogP) is 0.596. The third-order valence-electron chi connectivity index (χ3n) is 3.57. The van der Waals surface area contributed by atoms with Crippen LogP contribution in [0.3, 0.4) is 0 Å². The van der Waals surface area contributed by atoms with Gasteiger partial charge in [-0.2, -0.15) is 0 Å². The molecule has 1 aromatic rings. The van der Waals surface area contributed by atoms with Gasteiger partial charge in [0.2, 0.25) is 5.91 Å². The minimum atomic E-state index is -0.163. The summed E-state index contributed by atoms with van der Waals surface area (Å²) in [5, 5.41) is 0. The van der Waals surface area contributed by atoms with E-state index in [1.807, 2.05) is 16.8 Å². The maximum atomic E-state index is 12.2. The monoisotopic (exact) mass is 247 g/mol. The molecule has 4 nitrogen and oxygen atoms in total. The molecular weight excluding hydrogens is 226 g/mol. The Morgan fingerprint density at radius 1 is 1.28 bits per heavy atom. The number of likely N-dealkylation sites (N-methyl/N-ethyl adjacent to an activating group) is 1. The molecule has 0 radical (unpaired) electrons. The van der Waals surface area contributed by atoms with Crippen LogP contribution >= 0.6 is 0 Å².